The minimum absolute atomic E-state index is 0.196. The Bertz CT molecular complexity index is 884. The number of amides is 1. The molecule has 0 atom stereocenters. The number of nitrogens with zero attached hydrogens (tertiary/aromatic N) is 2. The van der Waals surface area contributed by atoms with Crippen molar-refractivity contribution in [2.24, 2.45) is 5.10 Å². The number of hydrogen-bond donors (Lipinski definition) is 2. The monoisotopic (exact) mass is 371 g/mol. The summed E-state index contributed by atoms with van der Waals surface area (Å²) in [4.78, 5) is 25.0. The number of thiophene rings is 1. The summed E-state index contributed by atoms with van der Waals surface area (Å²) in [5.41, 5.74) is 3.48. The summed E-state index contributed by atoms with van der Waals surface area (Å²) in [5.74, 6) is -1.33. The lowest BCUT2D eigenvalue weighted by atomic mass is 10.1. The third kappa shape index (κ3) is 3.48. The largest absolute Gasteiger partial charge is 0.478 e. The number of carbonyl (C=O) groups excluding carboxylic acids is 1. The molecule has 26 heavy (non-hydrogen) atoms. The van der Waals surface area contributed by atoms with E-state index in [-0.39, 0.29) is 11.5 Å². The van der Waals surface area contributed by atoms with Gasteiger partial charge in [-0.1, -0.05) is 6.92 Å². The van der Waals surface area contributed by atoms with Crippen LogP contribution in [0.5, 0.6) is 0 Å². The van der Waals surface area contributed by atoms with E-state index >= 15 is 0 Å². The molecule has 136 valence electrons. The van der Waals surface area contributed by atoms with E-state index in [0.29, 0.717) is 17.0 Å². The van der Waals surface area contributed by atoms with Crippen LogP contribution < -0.4 is 10.3 Å². The zero-order valence-electron chi connectivity index (χ0n) is 15.0. The minimum Gasteiger partial charge on any atom is -0.478 e. The van der Waals surface area contributed by atoms with E-state index in [1.807, 2.05) is 37.9 Å². The van der Waals surface area contributed by atoms with Crippen LogP contribution in [0, 0.1) is 6.92 Å². The number of carboxylic acids is 1. The molecule has 0 saturated heterocycles. The molecule has 1 aliphatic heterocycles. The molecule has 1 aromatic carbocycles. The van der Waals surface area contributed by atoms with Gasteiger partial charge in [-0.05, 0) is 50.1 Å². The normalized spacial score (nSPS) is 13.7. The molecule has 0 unspecified atom stereocenters. The molecule has 0 spiro atoms. The van der Waals surface area contributed by atoms with E-state index in [4.69, 9.17) is 0 Å². The first-order chi connectivity index (χ1) is 12.4. The van der Waals surface area contributed by atoms with Crippen LogP contribution in [0.3, 0.4) is 0 Å². The summed E-state index contributed by atoms with van der Waals surface area (Å²) >= 11 is 1.30. The summed E-state index contributed by atoms with van der Waals surface area (Å²) in [6.07, 6.45) is 1.56. The van der Waals surface area contributed by atoms with Crippen molar-refractivity contribution in [2.45, 2.75) is 33.6 Å². The van der Waals surface area contributed by atoms with Gasteiger partial charge in [0.1, 0.15) is 5.00 Å². The van der Waals surface area contributed by atoms with Gasteiger partial charge in [-0.25, -0.2) is 4.79 Å². The van der Waals surface area contributed by atoms with Crippen LogP contribution in [0.1, 0.15) is 51.4 Å². The van der Waals surface area contributed by atoms with Gasteiger partial charge in [0.15, 0.2) is 0 Å². The van der Waals surface area contributed by atoms with Gasteiger partial charge in [-0.15, -0.1) is 11.3 Å². The molecule has 2 N–H and O–H groups in total. The lowest BCUT2D eigenvalue weighted by Gasteiger charge is -2.14. The Morgan fingerprint density at radius 2 is 1.96 bits per heavy atom. The first-order valence-corrected chi connectivity index (χ1v) is 9.31. The van der Waals surface area contributed by atoms with Crippen LogP contribution >= 0.6 is 11.3 Å². The number of carbonyl (C=O) groups is 2. The smallest absolute Gasteiger partial charge is 0.339 e. The molecule has 0 saturated carbocycles. The molecule has 2 aromatic rings. The third-order valence-electron chi connectivity index (χ3n) is 4.41. The number of rotatable bonds is 5. The van der Waals surface area contributed by atoms with Gasteiger partial charge in [0.25, 0.3) is 5.91 Å². The number of carboxylic acid groups (broad SMARTS) is 1. The van der Waals surface area contributed by atoms with Crippen molar-refractivity contribution in [2.75, 3.05) is 16.9 Å². The van der Waals surface area contributed by atoms with E-state index in [2.05, 4.69) is 10.4 Å². The van der Waals surface area contributed by atoms with Gasteiger partial charge < -0.3 is 10.4 Å². The number of hydrogen-bond acceptors (Lipinski definition) is 5. The van der Waals surface area contributed by atoms with E-state index in [1.165, 1.54) is 11.3 Å². The molecule has 2 heterocycles. The highest BCUT2D eigenvalue weighted by atomic mass is 32.1. The number of aryl methyl sites for hydroxylation is 1. The molecule has 1 amide bonds. The van der Waals surface area contributed by atoms with Gasteiger partial charge in [-0.2, -0.15) is 5.10 Å². The van der Waals surface area contributed by atoms with Crippen molar-refractivity contribution in [1.82, 2.24) is 0 Å². The lowest BCUT2D eigenvalue weighted by molar-refractivity contribution is 0.0697. The zero-order chi connectivity index (χ0) is 18.8. The maximum absolute atomic E-state index is 12.5. The number of nitrogens with one attached hydrogen (secondary N) is 1. The maximum atomic E-state index is 12.5. The molecule has 3 rings (SSSR count). The highest BCUT2D eigenvalue weighted by Crippen LogP contribution is 2.33. The fourth-order valence-corrected chi connectivity index (χ4v) is 4.17. The van der Waals surface area contributed by atoms with Crippen LogP contribution in [0.4, 0.5) is 10.7 Å². The average molecular weight is 371 g/mol. The van der Waals surface area contributed by atoms with E-state index in [0.717, 1.165) is 34.8 Å². The van der Waals surface area contributed by atoms with Crippen molar-refractivity contribution in [3.63, 3.8) is 0 Å². The Hall–Kier alpha value is -2.67. The summed E-state index contributed by atoms with van der Waals surface area (Å²) < 4.78 is 0. The molecule has 1 aliphatic rings. The summed E-state index contributed by atoms with van der Waals surface area (Å²) in [6, 6.07) is 7.17. The zero-order valence-corrected chi connectivity index (χ0v) is 15.8. The molecule has 7 heteroatoms. The maximum Gasteiger partial charge on any atom is 0.339 e. The molecular formula is C19H21N3O3S. The second kappa shape index (κ2) is 7.29. The number of benzene rings is 1. The highest BCUT2D eigenvalue weighted by Gasteiger charge is 2.22. The second-order valence-corrected chi connectivity index (χ2v) is 7.43. The molecule has 0 bridgehead atoms. The van der Waals surface area contributed by atoms with Crippen molar-refractivity contribution in [3.05, 3.63) is 45.8 Å². The first kappa shape index (κ1) is 18.1. The number of hydrazone groups is 1. The molecule has 1 aromatic heterocycles. The van der Waals surface area contributed by atoms with Crippen LogP contribution in [0.25, 0.3) is 0 Å². The van der Waals surface area contributed by atoms with Crippen molar-refractivity contribution in [1.29, 1.82) is 0 Å². The Morgan fingerprint density at radius 1 is 1.27 bits per heavy atom. The standard InChI is InChI=1S/C19H21N3O3S/c1-4-15-12(3)26-18(16(15)19(24)25)20-17(23)13-5-7-14(8-6-13)22-10-9-11(2)21-22/h5-8H,4,9-10H2,1-3H3,(H,20,23)(H,24,25). The van der Waals surface area contributed by atoms with Crippen molar-refractivity contribution >= 4 is 39.6 Å². The van der Waals surface area contributed by atoms with Crippen molar-refractivity contribution in [3.8, 4) is 0 Å². The Morgan fingerprint density at radius 3 is 2.50 bits per heavy atom. The Labute approximate surface area is 156 Å². The van der Waals surface area contributed by atoms with Gasteiger partial charge >= 0.3 is 5.97 Å². The van der Waals surface area contributed by atoms with Crippen LogP contribution in [0.15, 0.2) is 29.4 Å². The summed E-state index contributed by atoms with van der Waals surface area (Å²) in [6.45, 7) is 6.62. The molecule has 6 nitrogen and oxygen atoms in total. The highest BCUT2D eigenvalue weighted by molar-refractivity contribution is 7.16. The van der Waals surface area contributed by atoms with E-state index in [9.17, 15) is 14.7 Å². The summed E-state index contributed by atoms with van der Waals surface area (Å²) in [5, 5.41) is 19.0. The Balaban J connectivity index is 1.80. The van der Waals surface area contributed by atoms with Crippen molar-refractivity contribution < 1.29 is 14.7 Å². The first-order valence-electron chi connectivity index (χ1n) is 8.49. The van der Waals surface area contributed by atoms with Gasteiger partial charge in [-0.3, -0.25) is 9.80 Å². The Kier molecular flexibility index (Phi) is 5.08. The second-order valence-electron chi connectivity index (χ2n) is 6.21. The predicted molar refractivity (Wildman–Crippen MR) is 105 cm³/mol. The average Bonchev–Trinajstić information content (AvgIpc) is 3.17. The van der Waals surface area contributed by atoms with E-state index < -0.39 is 5.97 Å². The van der Waals surface area contributed by atoms with Gasteiger partial charge in [0, 0.05) is 29.1 Å². The van der Waals surface area contributed by atoms with Gasteiger partial charge in [0.2, 0.25) is 0 Å². The minimum atomic E-state index is -1.01. The van der Waals surface area contributed by atoms with Gasteiger partial charge in [0.05, 0.1) is 11.3 Å². The van der Waals surface area contributed by atoms with Crippen LogP contribution in [0.2, 0.25) is 0 Å². The molecule has 0 fully saturated rings. The van der Waals surface area contributed by atoms with E-state index in [1.54, 1.807) is 12.1 Å². The lowest BCUT2D eigenvalue weighted by Crippen LogP contribution is -2.15. The topological polar surface area (TPSA) is 82.0 Å². The molecule has 0 radical (unpaired) electrons. The fourth-order valence-electron chi connectivity index (χ4n) is 3.04. The predicted octanol–water partition coefficient (Wildman–Crippen LogP) is 4.16. The third-order valence-corrected chi connectivity index (χ3v) is 5.47. The molecule has 0 aliphatic carbocycles. The SMILES string of the molecule is CCc1c(C)sc(NC(=O)c2ccc(N3CCC(C)=N3)cc2)c1C(=O)O. The fraction of sp³-hybridized carbons (Fsp3) is 0.316. The summed E-state index contributed by atoms with van der Waals surface area (Å²) in [7, 11) is 0. The number of aromatic carboxylic acids is 1. The quantitative estimate of drug-likeness (QED) is 0.827. The van der Waals surface area contributed by atoms with Crippen LogP contribution in [-0.4, -0.2) is 29.2 Å². The molecular weight excluding hydrogens is 350 g/mol. The number of anilines is 2. The van der Waals surface area contributed by atoms with Crippen LogP contribution in [-0.2, 0) is 6.42 Å².